The van der Waals surface area contributed by atoms with E-state index in [-0.39, 0.29) is 0 Å². The highest BCUT2D eigenvalue weighted by atomic mass is 35.5. The van der Waals surface area contributed by atoms with Crippen LogP contribution in [-0.4, -0.2) is 19.6 Å². The Kier molecular flexibility index (Phi) is 3.20. The first-order valence-electron chi connectivity index (χ1n) is 7.04. The van der Waals surface area contributed by atoms with Gasteiger partial charge in [0.25, 0.3) is 0 Å². The molecule has 23 heavy (non-hydrogen) atoms. The largest absolute Gasteiger partial charge is 0.384 e. The van der Waals surface area contributed by atoms with Crippen LogP contribution in [0, 0.1) is 0 Å². The first kappa shape index (κ1) is 13.7. The Morgan fingerprint density at radius 1 is 0.957 bits per heavy atom. The molecule has 4 rings (SSSR count). The fourth-order valence-corrected chi connectivity index (χ4v) is 2.64. The normalized spacial score (nSPS) is 11.0. The molecule has 0 fully saturated rings. The van der Waals surface area contributed by atoms with Gasteiger partial charge in [0.2, 0.25) is 5.82 Å². The van der Waals surface area contributed by atoms with Crippen LogP contribution in [0.5, 0.6) is 0 Å². The van der Waals surface area contributed by atoms with Gasteiger partial charge < -0.3 is 5.73 Å². The van der Waals surface area contributed by atoms with Crippen molar-refractivity contribution in [2.24, 2.45) is 0 Å². The van der Waals surface area contributed by atoms with Crippen LogP contribution in [0.2, 0.25) is 5.02 Å². The molecule has 0 spiro atoms. The van der Waals surface area contributed by atoms with Crippen molar-refractivity contribution in [3.8, 4) is 22.6 Å². The third kappa shape index (κ3) is 2.51. The van der Waals surface area contributed by atoms with E-state index in [1.54, 1.807) is 10.7 Å². The summed E-state index contributed by atoms with van der Waals surface area (Å²) >= 11 is 6.06. The van der Waals surface area contributed by atoms with Gasteiger partial charge in [-0.05, 0) is 47.5 Å². The number of nitrogens with two attached hydrogens (primary N) is 1. The summed E-state index contributed by atoms with van der Waals surface area (Å²) in [5.74, 6) is 1.05. The van der Waals surface area contributed by atoms with E-state index in [2.05, 4.69) is 15.1 Å². The van der Waals surface area contributed by atoms with Gasteiger partial charge in [0.05, 0.1) is 0 Å². The summed E-state index contributed by atoms with van der Waals surface area (Å²) < 4.78 is 1.61. The Labute approximate surface area is 137 Å². The lowest BCUT2D eigenvalue weighted by Gasteiger charge is -2.05. The molecule has 0 aliphatic heterocycles. The predicted octanol–water partition coefficient (Wildman–Crippen LogP) is 3.69. The van der Waals surface area contributed by atoms with E-state index in [1.165, 1.54) is 0 Å². The van der Waals surface area contributed by atoms with E-state index < -0.39 is 0 Å². The van der Waals surface area contributed by atoms with Crippen LogP contribution in [0.1, 0.15) is 0 Å². The highest BCUT2D eigenvalue weighted by Gasteiger charge is 2.11. The molecule has 0 unspecified atom stereocenters. The molecule has 3 heterocycles. The van der Waals surface area contributed by atoms with Gasteiger partial charge in [0.1, 0.15) is 11.5 Å². The highest BCUT2D eigenvalue weighted by molar-refractivity contribution is 6.30. The molecule has 5 nitrogen and oxygen atoms in total. The highest BCUT2D eigenvalue weighted by Crippen LogP contribution is 2.26. The number of rotatable bonds is 2. The number of hydrogen-bond acceptors (Lipinski definition) is 4. The Balaban J connectivity index is 1.88. The number of benzene rings is 1. The van der Waals surface area contributed by atoms with Gasteiger partial charge in [-0.2, -0.15) is 4.52 Å². The zero-order chi connectivity index (χ0) is 15.8. The van der Waals surface area contributed by atoms with E-state index >= 15 is 0 Å². The number of aromatic nitrogens is 4. The summed E-state index contributed by atoms with van der Waals surface area (Å²) in [4.78, 5) is 8.80. The topological polar surface area (TPSA) is 69.1 Å². The molecule has 0 aliphatic rings. The van der Waals surface area contributed by atoms with Crippen LogP contribution in [0.15, 0.2) is 60.8 Å². The van der Waals surface area contributed by atoms with Crippen LogP contribution >= 0.6 is 11.6 Å². The number of pyridine rings is 2. The van der Waals surface area contributed by atoms with Crippen molar-refractivity contribution in [3.63, 3.8) is 0 Å². The zero-order valence-electron chi connectivity index (χ0n) is 12.0. The molecule has 0 aliphatic carbocycles. The van der Waals surface area contributed by atoms with Crippen molar-refractivity contribution in [1.82, 2.24) is 19.6 Å². The second-order valence-electron chi connectivity index (χ2n) is 5.10. The van der Waals surface area contributed by atoms with E-state index in [4.69, 9.17) is 17.3 Å². The van der Waals surface area contributed by atoms with Gasteiger partial charge in [-0.1, -0.05) is 29.8 Å². The van der Waals surface area contributed by atoms with Gasteiger partial charge in [0.15, 0.2) is 5.65 Å². The monoisotopic (exact) mass is 321 g/mol. The van der Waals surface area contributed by atoms with Crippen LogP contribution in [0.4, 0.5) is 5.82 Å². The second-order valence-corrected chi connectivity index (χ2v) is 5.54. The number of anilines is 1. The molecule has 1 aromatic carbocycles. The van der Waals surface area contributed by atoms with Gasteiger partial charge in [0, 0.05) is 11.2 Å². The Morgan fingerprint density at radius 2 is 1.87 bits per heavy atom. The minimum atomic E-state index is 0.507. The lowest BCUT2D eigenvalue weighted by Crippen LogP contribution is -1.99. The van der Waals surface area contributed by atoms with Gasteiger partial charge >= 0.3 is 0 Å². The number of hydrogen-bond donors (Lipinski definition) is 1. The molecule has 0 bridgehead atoms. The summed E-state index contributed by atoms with van der Waals surface area (Å²) in [6.07, 6.45) is 1.71. The number of halogens is 1. The average Bonchev–Trinajstić information content (AvgIpc) is 3.00. The smallest absolute Gasteiger partial charge is 0.200 e. The van der Waals surface area contributed by atoms with Crippen molar-refractivity contribution in [2.75, 3.05) is 5.73 Å². The Morgan fingerprint density at radius 3 is 2.65 bits per heavy atom. The Hall–Kier alpha value is -2.92. The maximum atomic E-state index is 6.13. The van der Waals surface area contributed by atoms with Crippen LogP contribution < -0.4 is 5.73 Å². The third-order valence-corrected chi connectivity index (χ3v) is 3.75. The second kappa shape index (κ2) is 5.37. The van der Waals surface area contributed by atoms with Crippen molar-refractivity contribution < 1.29 is 0 Å². The van der Waals surface area contributed by atoms with Gasteiger partial charge in [-0.3, -0.25) is 4.98 Å². The summed E-state index contributed by atoms with van der Waals surface area (Å²) in [5.41, 5.74) is 9.43. The molecule has 6 heteroatoms. The first-order chi connectivity index (χ1) is 11.2. The summed E-state index contributed by atoms with van der Waals surface area (Å²) in [5, 5.41) is 5.10. The predicted molar refractivity (Wildman–Crippen MR) is 91.1 cm³/mol. The minimum absolute atomic E-state index is 0.507. The van der Waals surface area contributed by atoms with E-state index in [0.29, 0.717) is 28.0 Å². The van der Waals surface area contributed by atoms with E-state index in [1.807, 2.05) is 54.6 Å². The molecule has 4 aromatic rings. The molecule has 0 saturated carbocycles. The molecule has 0 radical (unpaired) electrons. The minimum Gasteiger partial charge on any atom is -0.384 e. The van der Waals surface area contributed by atoms with Crippen LogP contribution in [0.3, 0.4) is 0 Å². The summed E-state index contributed by atoms with van der Waals surface area (Å²) in [6.45, 7) is 0. The fourth-order valence-electron chi connectivity index (χ4n) is 2.45. The average molecular weight is 322 g/mol. The molecule has 3 aromatic heterocycles. The standard InChI is InChI=1S/C17H12ClN5/c18-13-5-3-4-11(8-13)12-9-15(19)23-16(10-12)21-17(22-23)14-6-1-2-7-20-14/h1-10H,19H2. The quantitative estimate of drug-likeness (QED) is 0.611. The maximum Gasteiger partial charge on any atom is 0.200 e. The molecule has 112 valence electrons. The lowest BCUT2D eigenvalue weighted by molar-refractivity contribution is 0.975. The zero-order valence-corrected chi connectivity index (χ0v) is 12.8. The van der Waals surface area contributed by atoms with Gasteiger partial charge in [-0.15, -0.1) is 5.10 Å². The first-order valence-corrected chi connectivity index (χ1v) is 7.42. The molecule has 0 atom stereocenters. The van der Waals surface area contributed by atoms with Crippen LogP contribution in [-0.2, 0) is 0 Å². The lowest BCUT2D eigenvalue weighted by atomic mass is 10.1. The molecule has 2 N–H and O–H groups in total. The number of nitrogen functional groups attached to an aromatic ring is 1. The third-order valence-electron chi connectivity index (χ3n) is 3.52. The molecule has 0 saturated heterocycles. The number of nitrogens with zero attached hydrogens (tertiary/aromatic N) is 4. The maximum absolute atomic E-state index is 6.13. The molecular weight excluding hydrogens is 310 g/mol. The van der Waals surface area contributed by atoms with E-state index in [9.17, 15) is 0 Å². The summed E-state index contributed by atoms with van der Waals surface area (Å²) in [6, 6.07) is 17.0. The van der Waals surface area contributed by atoms with E-state index in [0.717, 1.165) is 11.1 Å². The van der Waals surface area contributed by atoms with Crippen molar-refractivity contribution in [2.45, 2.75) is 0 Å². The van der Waals surface area contributed by atoms with Crippen molar-refractivity contribution >= 4 is 23.1 Å². The fraction of sp³-hybridized carbons (Fsp3) is 0. The number of fused-ring (bicyclic) bond motifs is 1. The van der Waals surface area contributed by atoms with Crippen molar-refractivity contribution in [3.05, 3.63) is 65.8 Å². The SMILES string of the molecule is Nc1cc(-c2cccc(Cl)c2)cc2nc(-c3ccccn3)nn12. The van der Waals surface area contributed by atoms with Crippen LogP contribution in [0.25, 0.3) is 28.3 Å². The molecular formula is C17H12ClN5. The Bertz CT molecular complexity index is 994. The molecule has 0 amide bonds. The van der Waals surface area contributed by atoms with Gasteiger partial charge in [-0.25, -0.2) is 4.98 Å². The van der Waals surface area contributed by atoms with Crippen molar-refractivity contribution in [1.29, 1.82) is 0 Å². The summed E-state index contributed by atoms with van der Waals surface area (Å²) in [7, 11) is 0.